The Balaban J connectivity index is 2.83. The number of carbonyl (C=O) groups excluding carboxylic acids is 1. The lowest BCUT2D eigenvalue weighted by molar-refractivity contribution is -0.139. The van der Waals surface area contributed by atoms with E-state index in [9.17, 15) is 4.79 Å². The SMILES string of the molecule is CCCN(CC(C)(C)CN)C(=O)C1C(C)OC(C)C1C. The van der Waals surface area contributed by atoms with Gasteiger partial charge in [-0.05, 0) is 38.1 Å². The highest BCUT2D eigenvalue weighted by Crippen LogP contribution is 2.34. The standard InChI is InChI=1S/C16H32N2O2/c1-7-8-18(10-16(5,6)9-17)15(19)14-11(2)12(3)20-13(14)4/h11-14H,7-10,17H2,1-6H3. The number of hydrogen-bond acceptors (Lipinski definition) is 3. The minimum absolute atomic E-state index is 0.00726. The van der Waals surface area contributed by atoms with Crippen LogP contribution in [0.25, 0.3) is 0 Å². The van der Waals surface area contributed by atoms with E-state index in [1.165, 1.54) is 0 Å². The summed E-state index contributed by atoms with van der Waals surface area (Å²) in [5.74, 6) is 0.487. The van der Waals surface area contributed by atoms with Gasteiger partial charge in [-0.1, -0.05) is 27.7 Å². The zero-order valence-electron chi connectivity index (χ0n) is 14.0. The Hall–Kier alpha value is -0.610. The minimum atomic E-state index is -0.0393. The van der Waals surface area contributed by atoms with Gasteiger partial charge < -0.3 is 15.4 Å². The second-order valence-electron chi connectivity index (χ2n) is 7.06. The van der Waals surface area contributed by atoms with Gasteiger partial charge in [0.2, 0.25) is 5.91 Å². The van der Waals surface area contributed by atoms with E-state index in [4.69, 9.17) is 10.5 Å². The van der Waals surface area contributed by atoms with Crippen LogP contribution in [0.1, 0.15) is 48.0 Å². The molecule has 4 nitrogen and oxygen atoms in total. The summed E-state index contributed by atoms with van der Waals surface area (Å²) < 4.78 is 5.82. The van der Waals surface area contributed by atoms with Crippen LogP contribution >= 0.6 is 0 Å². The van der Waals surface area contributed by atoms with E-state index in [-0.39, 0.29) is 35.4 Å². The third-order valence-corrected chi connectivity index (χ3v) is 4.50. The van der Waals surface area contributed by atoms with E-state index < -0.39 is 0 Å². The van der Waals surface area contributed by atoms with Gasteiger partial charge in [-0.3, -0.25) is 4.79 Å². The highest BCUT2D eigenvalue weighted by Gasteiger charge is 2.43. The van der Waals surface area contributed by atoms with E-state index in [1.54, 1.807) is 0 Å². The summed E-state index contributed by atoms with van der Waals surface area (Å²) in [7, 11) is 0. The Bertz CT molecular complexity index is 330. The largest absolute Gasteiger partial charge is 0.374 e. The van der Waals surface area contributed by atoms with Crippen LogP contribution in [0.3, 0.4) is 0 Å². The molecule has 0 bridgehead atoms. The molecule has 4 atom stereocenters. The van der Waals surface area contributed by atoms with Crippen molar-refractivity contribution in [2.45, 2.75) is 60.2 Å². The molecule has 1 fully saturated rings. The van der Waals surface area contributed by atoms with Gasteiger partial charge in [-0.2, -0.15) is 0 Å². The Morgan fingerprint density at radius 2 is 1.85 bits per heavy atom. The van der Waals surface area contributed by atoms with Crippen LogP contribution in [-0.4, -0.2) is 42.6 Å². The van der Waals surface area contributed by atoms with E-state index in [1.807, 2.05) is 11.8 Å². The Labute approximate surface area is 124 Å². The quantitative estimate of drug-likeness (QED) is 0.814. The molecule has 0 radical (unpaired) electrons. The molecule has 1 aliphatic heterocycles. The maximum Gasteiger partial charge on any atom is 0.228 e. The second-order valence-corrected chi connectivity index (χ2v) is 7.06. The highest BCUT2D eigenvalue weighted by atomic mass is 16.5. The first-order valence-electron chi connectivity index (χ1n) is 7.87. The summed E-state index contributed by atoms with van der Waals surface area (Å²) in [5.41, 5.74) is 5.78. The number of ether oxygens (including phenoxy) is 1. The molecule has 1 heterocycles. The topological polar surface area (TPSA) is 55.6 Å². The zero-order chi connectivity index (χ0) is 15.5. The predicted molar refractivity (Wildman–Crippen MR) is 82.4 cm³/mol. The van der Waals surface area contributed by atoms with Gasteiger partial charge in [0.25, 0.3) is 0 Å². The molecule has 1 aliphatic rings. The molecule has 1 rings (SSSR count). The number of amides is 1. The van der Waals surface area contributed by atoms with Crippen molar-refractivity contribution in [1.29, 1.82) is 0 Å². The molecule has 0 aromatic rings. The molecule has 4 heteroatoms. The molecule has 1 saturated heterocycles. The van der Waals surface area contributed by atoms with Crippen LogP contribution < -0.4 is 5.73 Å². The van der Waals surface area contributed by atoms with Gasteiger partial charge in [0.05, 0.1) is 18.1 Å². The van der Waals surface area contributed by atoms with E-state index in [0.29, 0.717) is 6.54 Å². The lowest BCUT2D eigenvalue weighted by Crippen LogP contribution is -2.47. The fraction of sp³-hybridized carbons (Fsp3) is 0.938. The molecule has 1 amide bonds. The molecule has 20 heavy (non-hydrogen) atoms. The first-order chi connectivity index (χ1) is 9.23. The summed E-state index contributed by atoms with van der Waals surface area (Å²) in [4.78, 5) is 14.9. The summed E-state index contributed by atoms with van der Waals surface area (Å²) in [5, 5.41) is 0. The lowest BCUT2D eigenvalue weighted by Gasteiger charge is -2.34. The smallest absolute Gasteiger partial charge is 0.228 e. The van der Waals surface area contributed by atoms with E-state index in [2.05, 4.69) is 34.6 Å². The third-order valence-electron chi connectivity index (χ3n) is 4.50. The van der Waals surface area contributed by atoms with Crippen molar-refractivity contribution >= 4 is 5.91 Å². The molecule has 0 aromatic carbocycles. The van der Waals surface area contributed by atoms with Crippen molar-refractivity contribution in [3.05, 3.63) is 0 Å². The predicted octanol–water partition coefficient (Wildman–Crippen LogP) is 2.27. The summed E-state index contributed by atoms with van der Waals surface area (Å²) in [6.07, 6.45) is 1.14. The zero-order valence-corrected chi connectivity index (χ0v) is 14.0. The molecule has 0 aliphatic carbocycles. The summed E-state index contributed by atoms with van der Waals surface area (Å²) >= 11 is 0. The van der Waals surface area contributed by atoms with Crippen LogP contribution in [0, 0.1) is 17.3 Å². The van der Waals surface area contributed by atoms with Crippen LogP contribution in [0.15, 0.2) is 0 Å². The number of hydrogen-bond donors (Lipinski definition) is 1. The van der Waals surface area contributed by atoms with Gasteiger partial charge in [-0.15, -0.1) is 0 Å². The minimum Gasteiger partial charge on any atom is -0.374 e. The molecule has 118 valence electrons. The average Bonchev–Trinajstić information content (AvgIpc) is 2.62. The molecule has 0 saturated carbocycles. The number of carbonyl (C=O) groups is 1. The first kappa shape index (κ1) is 17.4. The Morgan fingerprint density at radius 3 is 2.25 bits per heavy atom. The monoisotopic (exact) mass is 284 g/mol. The second kappa shape index (κ2) is 6.90. The average molecular weight is 284 g/mol. The maximum absolute atomic E-state index is 12.9. The van der Waals surface area contributed by atoms with Gasteiger partial charge in [0.15, 0.2) is 0 Å². The molecule has 0 spiro atoms. The van der Waals surface area contributed by atoms with Crippen molar-refractivity contribution < 1.29 is 9.53 Å². The van der Waals surface area contributed by atoms with Crippen molar-refractivity contribution in [1.82, 2.24) is 4.90 Å². The molecule has 4 unspecified atom stereocenters. The van der Waals surface area contributed by atoms with E-state index >= 15 is 0 Å². The van der Waals surface area contributed by atoms with Gasteiger partial charge >= 0.3 is 0 Å². The van der Waals surface area contributed by atoms with Crippen molar-refractivity contribution in [2.24, 2.45) is 23.0 Å². The fourth-order valence-electron chi connectivity index (χ4n) is 3.02. The Morgan fingerprint density at radius 1 is 1.25 bits per heavy atom. The van der Waals surface area contributed by atoms with Crippen LogP contribution in [0.2, 0.25) is 0 Å². The summed E-state index contributed by atoms with van der Waals surface area (Å²) in [6.45, 7) is 14.6. The molecule has 0 aromatic heterocycles. The fourth-order valence-corrected chi connectivity index (χ4v) is 3.02. The van der Waals surface area contributed by atoms with Crippen LogP contribution in [0.5, 0.6) is 0 Å². The first-order valence-corrected chi connectivity index (χ1v) is 7.87. The van der Waals surface area contributed by atoms with Crippen LogP contribution in [-0.2, 0) is 9.53 Å². The normalized spacial score (nSPS) is 30.6. The summed E-state index contributed by atoms with van der Waals surface area (Å²) in [6, 6.07) is 0. The Kier molecular flexibility index (Phi) is 6.02. The van der Waals surface area contributed by atoms with Crippen molar-refractivity contribution in [3.8, 4) is 0 Å². The van der Waals surface area contributed by atoms with Crippen LogP contribution in [0.4, 0.5) is 0 Å². The van der Waals surface area contributed by atoms with Gasteiger partial charge in [0.1, 0.15) is 0 Å². The number of nitrogens with zero attached hydrogens (tertiary/aromatic N) is 1. The lowest BCUT2D eigenvalue weighted by atomic mass is 9.87. The number of nitrogens with two attached hydrogens (primary N) is 1. The van der Waals surface area contributed by atoms with Gasteiger partial charge in [-0.25, -0.2) is 0 Å². The molecular formula is C16H32N2O2. The van der Waals surface area contributed by atoms with Gasteiger partial charge in [0, 0.05) is 13.1 Å². The third kappa shape index (κ3) is 3.95. The van der Waals surface area contributed by atoms with E-state index in [0.717, 1.165) is 19.5 Å². The maximum atomic E-state index is 12.9. The molecular weight excluding hydrogens is 252 g/mol. The number of rotatable bonds is 6. The van der Waals surface area contributed by atoms with Crippen molar-refractivity contribution in [2.75, 3.05) is 19.6 Å². The molecule has 2 N–H and O–H groups in total. The highest BCUT2D eigenvalue weighted by molar-refractivity contribution is 5.80. The van der Waals surface area contributed by atoms with Crippen molar-refractivity contribution in [3.63, 3.8) is 0 Å².